The van der Waals surface area contributed by atoms with Crippen LogP contribution in [0.5, 0.6) is 5.75 Å². The molecule has 0 aliphatic rings. The van der Waals surface area contributed by atoms with Gasteiger partial charge >= 0.3 is 0 Å². The Morgan fingerprint density at radius 1 is 1.16 bits per heavy atom. The number of hydrogen-bond acceptors (Lipinski definition) is 5. The number of benzene rings is 1. The van der Waals surface area contributed by atoms with E-state index in [1.165, 1.54) is 5.56 Å². The smallest absolute Gasteiger partial charge is 0.165 e. The van der Waals surface area contributed by atoms with Crippen LogP contribution in [0.3, 0.4) is 0 Å². The third-order valence-corrected chi connectivity index (χ3v) is 4.19. The van der Waals surface area contributed by atoms with Gasteiger partial charge in [0.1, 0.15) is 11.6 Å². The average Bonchev–Trinajstić information content (AvgIpc) is 3.06. The van der Waals surface area contributed by atoms with E-state index in [4.69, 9.17) is 9.47 Å². The molecule has 0 saturated carbocycles. The molecule has 3 rings (SSSR count). The van der Waals surface area contributed by atoms with Crippen LogP contribution in [0.2, 0.25) is 0 Å². The van der Waals surface area contributed by atoms with E-state index in [9.17, 15) is 0 Å². The van der Waals surface area contributed by atoms with Crippen LogP contribution >= 0.6 is 0 Å². The van der Waals surface area contributed by atoms with Crippen molar-refractivity contribution in [1.82, 2.24) is 14.6 Å². The number of methoxy groups -OCH3 is 2. The van der Waals surface area contributed by atoms with Gasteiger partial charge in [-0.05, 0) is 29.7 Å². The van der Waals surface area contributed by atoms with Gasteiger partial charge in [-0.2, -0.15) is 9.61 Å². The second kappa shape index (κ2) is 7.53. The number of anilines is 1. The molecule has 0 radical (unpaired) electrons. The molecular formula is C19H24N4O2. The van der Waals surface area contributed by atoms with Crippen LogP contribution in [-0.2, 0) is 4.74 Å². The molecule has 0 amide bonds. The first-order valence-corrected chi connectivity index (χ1v) is 8.39. The maximum atomic E-state index is 5.57. The van der Waals surface area contributed by atoms with Gasteiger partial charge in [0.2, 0.25) is 0 Å². The number of nitrogens with zero attached hydrogens (tertiary/aromatic N) is 3. The monoisotopic (exact) mass is 340 g/mol. The topological polar surface area (TPSA) is 60.7 Å². The van der Waals surface area contributed by atoms with Crippen molar-refractivity contribution in [2.45, 2.75) is 19.8 Å². The minimum atomic E-state index is 0.436. The lowest BCUT2D eigenvalue weighted by atomic mass is 9.97. The molecule has 6 heteroatoms. The zero-order valence-electron chi connectivity index (χ0n) is 15.1. The predicted octanol–water partition coefficient (Wildman–Crippen LogP) is 3.59. The number of hydrogen-bond donors (Lipinski definition) is 1. The minimum absolute atomic E-state index is 0.436. The van der Waals surface area contributed by atoms with Gasteiger partial charge in [-0.1, -0.05) is 19.9 Å². The molecule has 2 aromatic heterocycles. The summed E-state index contributed by atoms with van der Waals surface area (Å²) in [6.45, 7) is 5.69. The van der Waals surface area contributed by atoms with Crippen molar-refractivity contribution in [2.75, 3.05) is 32.7 Å². The summed E-state index contributed by atoms with van der Waals surface area (Å²) in [6, 6.07) is 8.17. The van der Waals surface area contributed by atoms with Gasteiger partial charge in [-0.3, -0.25) is 0 Å². The zero-order valence-corrected chi connectivity index (χ0v) is 15.1. The minimum Gasteiger partial charge on any atom is -0.496 e. The summed E-state index contributed by atoms with van der Waals surface area (Å²) in [5.41, 5.74) is 4.01. The van der Waals surface area contributed by atoms with Gasteiger partial charge < -0.3 is 14.8 Å². The van der Waals surface area contributed by atoms with Crippen LogP contribution in [-0.4, -0.2) is 42.0 Å². The molecule has 2 heterocycles. The molecule has 25 heavy (non-hydrogen) atoms. The first-order valence-electron chi connectivity index (χ1n) is 8.39. The first kappa shape index (κ1) is 17.2. The Morgan fingerprint density at radius 2 is 2.00 bits per heavy atom. The number of nitrogens with one attached hydrogen (secondary N) is 1. The summed E-state index contributed by atoms with van der Waals surface area (Å²) in [7, 11) is 3.37. The van der Waals surface area contributed by atoms with Crippen molar-refractivity contribution in [3.8, 4) is 16.9 Å². The summed E-state index contributed by atoms with van der Waals surface area (Å²) in [5.74, 6) is 2.14. The second-order valence-electron chi connectivity index (χ2n) is 6.16. The Morgan fingerprint density at radius 3 is 2.72 bits per heavy atom. The molecule has 6 nitrogen and oxygen atoms in total. The zero-order chi connectivity index (χ0) is 17.8. The largest absolute Gasteiger partial charge is 0.496 e. The normalized spacial score (nSPS) is 11.2. The van der Waals surface area contributed by atoms with Crippen molar-refractivity contribution in [3.05, 3.63) is 42.2 Å². The Hall–Kier alpha value is -2.60. The van der Waals surface area contributed by atoms with Crippen molar-refractivity contribution in [1.29, 1.82) is 0 Å². The van der Waals surface area contributed by atoms with E-state index in [-0.39, 0.29) is 0 Å². The summed E-state index contributed by atoms with van der Waals surface area (Å²) in [6.07, 6.45) is 3.63. The molecule has 1 aromatic carbocycles. The lowest BCUT2D eigenvalue weighted by Crippen LogP contribution is -2.11. The fraction of sp³-hybridized carbons (Fsp3) is 0.368. The van der Waals surface area contributed by atoms with E-state index in [0.717, 1.165) is 28.3 Å². The Balaban J connectivity index is 2.08. The molecule has 0 aliphatic carbocycles. The first-order chi connectivity index (χ1) is 12.2. The van der Waals surface area contributed by atoms with E-state index in [0.29, 0.717) is 19.1 Å². The van der Waals surface area contributed by atoms with Gasteiger partial charge in [0.15, 0.2) is 5.65 Å². The molecule has 0 fully saturated rings. The van der Waals surface area contributed by atoms with Gasteiger partial charge in [-0.15, -0.1) is 0 Å². The Bertz CT molecular complexity index is 858. The van der Waals surface area contributed by atoms with E-state index >= 15 is 0 Å². The van der Waals surface area contributed by atoms with Crippen LogP contribution in [0.15, 0.2) is 36.7 Å². The molecule has 0 unspecified atom stereocenters. The Kier molecular flexibility index (Phi) is 5.19. The maximum absolute atomic E-state index is 5.57. The fourth-order valence-electron chi connectivity index (χ4n) is 2.79. The van der Waals surface area contributed by atoms with Gasteiger partial charge in [0.05, 0.1) is 25.5 Å². The van der Waals surface area contributed by atoms with Crippen LogP contribution in [0.1, 0.15) is 25.3 Å². The molecule has 0 spiro atoms. The molecule has 1 N–H and O–H groups in total. The second-order valence-corrected chi connectivity index (χ2v) is 6.16. The maximum Gasteiger partial charge on any atom is 0.165 e. The van der Waals surface area contributed by atoms with Crippen LogP contribution < -0.4 is 10.1 Å². The molecule has 0 bridgehead atoms. The highest BCUT2D eigenvalue weighted by Crippen LogP contribution is 2.35. The average molecular weight is 340 g/mol. The Labute approximate surface area is 147 Å². The molecule has 0 saturated heterocycles. The quantitative estimate of drug-likeness (QED) is 0.666. The molecule has 132 valence electrons. The third-order valence-electron chi connectivity index (χ3n) is 4.19. The highest BCUT2D eigenvalue weighted by Gasteiger charge is 2.15. The number of aromatic nitrogens is 3. The van der Waals surface area contributed by atoms with Crippen molar-refractivity contribution in [3.63, 3.8) is 0 Å². The van der Waals surface area contributed by atoms with E-state index in [1.54, 1.807) is 20.4 Å². The fourth-order valence-corrected chi connectivity index (χ4v) is 2.79. The van der Waals surface area contributed by atoms with Crippen molar-refractivity contribution in [2.24, 2.45) is 0 Å². The molecule has 0 aliphatic heterocycles. The van der Waals surface area contributed by atoms with E-state index < -0.39 is 0 Å². The lowest BCUT2D eigenvalue weighted by molar-refractivity contribution is 0.210. The number of ether oxygens (including phenoxy) is 2. The summed E-state index contributed by atoms with van der Waals surface area (Å²) >= 11 is 0. The number of fused-ring (bicyclic) bond motifs is 1. The molecule has 0 atom stereocenters. The third kappa shape index (κ3) is 3.44. The van der Waals surface area contributed by atoms with E-state index in [1.807, 2.05) is 22.8 Å². The highest BCUT2D eigenvalue weighted by atomic mass is 16.5. The van der Waals surface area contributed by atoms with Gasteiger partial charge in [-0.25, -0.2) is 4.98 Å². The molecular weight excluding hydrogens is 316 g/mol. The number of rotatable bonds is 7. The standard InChI is InChI=1S/C19H24N4O2/c1-13(2)14-5-6-17(25-4)15(11-14)16-12-22-23-18(20-9-10-24-3)7-8-21-19(16)23/h5-8,11-13,20H,9-10H2,1-4H3. The van der Waals surface area contributed by atoms with Crippen LogP contribution in [0.4, 0.5) is 5.82 Å². The van der Waals surface area contributed by atoms with Crippen molar-refractivity contribution >= 4 is 11.5 Å². The van der Waals surface area contributed by atoms with Crippen molar-refractivity contribution < 1.29 is 9.47 Å². The van der Waals surface area contributed by atoms with Crippen LogP contribution in [0.25, 0.3) is 16.8 Å². The summed E-state index contributed by atoms with van der Waals surface area (Å²) < 4.78 is 12.5. The van der Waals surface area contributed by atoms with Gasteiger partial charge in [0, 0.05) is 25.4 Å². The SMILES string of the molecule is COCCNc1ccnc2c(-c3cc(C(C)C)ccc3OC)cnn12. The van der Waals surface area contributed by atoms with E-state index in [2.05, 4.69) is 41.4 Å². The lowest BCUT2D eigenvalue weighted by Gasteiger charge is -2.12. The van der Waals surface area contributed by atoms with Gasteiger partial charge in [0.25, 0.3) is 0 Å². The highest BCUT2D eigenvalue weighted by molar-refractivity contribution is 5.82. The van der Waals surface area contributed by atoms with Crippen LogP contribution in [0, 0.1) is 0 Å². The summed E-state index contributed by atoms with van der Waals surface area (Å²) in [5, 5.41) is 7.83. The molecule has 3 aromatic rings. The summed E-state index contributed by atoms with van der Waals surface area (Å²) in [4.78, 5) is 4.53. The predicted molar refractivity (Wildman–Crippen MR) is 99.4 cm³/mol.